The molecule has 8 aromatic rings. The molecule has 0 unspecified atom stereocenters. The van der Waals surface area contributed by atoms with Gasteiger partial charge in [-0.15, -0.1) is 0 Å². The molecule has 0 saturated heterocycles. The first-order chi connectivity index (χ1) is 25.3. The van der Waals surface area contributed by atoms with Gasteiger partial charge in [0.25, 0.3) is 0 Å². The highest BCUT2D eigenvalue weighted by atomic mass is 16.5. The van der Waals surface area contributed by atoms with E-state index in [1.165, 1.54) is 43.1 Å². The van der Waals surface area contributed by atoms with Crippen LogP contribution in [0.3, 0.4) is 0 Å². The van der Waals surface area contributed by atoms with E-state index >= 15 is 0 Å². The third-order valence-electron chi connectivity index (χ3n) is 10.5. The van der Waals surface area contributed by atoms with Crippen molar-refractivity contribution < 1.29 is 9.47 Å². The smallest absolute Gasteiger partial charge is 0.194 e. The highest BCUT2D eigenvalue weighted by molar-refractivity contribution is 6.00. The second-order valence-corrected chi connectivity index (χ2v) is 13.5. The summed E-state index contributed by atoms with van der Waals surface area (Å²) in [6, 6.07) is 59.5. The average Bonchev–Trinajstić information content (AvgIpc) is 3.81. The zero-order valence-electron chi connectivity index (χ0n) is 27.9. The van der Waals surface area contributed by atoms with Gasteiger partial charge in [0.05, 0.1) is 6.42 Å². The number of fused-ring (bicyclic) bond motifs is 4. The number of ether oxygens (including phenoxy) is 2. The van der Waals surface area contributed by atoms with Crippen molar-refractivity contribution in [2.45, 2.75) is 30.7 Å². The second kappa shape index (κ2) is 12.3. The largest absolute Gasteiger partial charge is 0.470 e. The molecule has 4 atom stereocenters. The fourth-order valence-corrected chi connectivity index (χ4v) is 8.18. The maximum Gasteiger partial charge on any atom is 0.194 e. The van der Waals surface area contributed by atoms with Gasteiger partial charge < -0.3 is 9.47 Å². The standard InChI is InChI=1S/C47H34N2O2/c1-5-21-34-30(13-1)17-9-25-38(34)44-46(40-27-11-19-32-15-3-7-23-36(32)40)50-42(48-44)29-43-49-45(39-26-10-18-31-14-2-6-22-35(31)39)47(51-43)41-28-12-20-33-16-4-8-24-37(33)41/h1-28,44-47H,29H2/t44-,45-,46+,47+/m1/s1. The summed E-state index contributed by atoms with van der Waals surface area (Å²) in [6.07, 6.45) is -0.242. The molecule has 4 nitrogen and oxygen atoms in total. The predicted octanol–water partition coefficient (Wildman–Crippen LogP) is 11.8. The van der Waals surface area contributed by atoms with Crippen molar-refractivity contribution >= 4 is 54.9 Å². The third kappa shape index (κ3) is 5.14. The van der Waals surface area contributed by atoms with Crippen LogP contribution in [-0.2, 0) is 9.47 Å². The normalized spacial score (nSPS) is 20.0. The summed E-state index contributed by atoms with van der Waals surface area (Å²) in [6.45, 7) is 0. The van der Waals surface area contributed by atoms with Crippen LogP contribution in [0.15, 0.2) is 180 Å². The SMILES string of the molecule is c1ccc2c([C@H]3N=C(CC4=N[C@H](c5cccc6ccccc56)[C@H](c5cccc6ccccc56)O4)O[C@H]3c3cccc4ccccc34)cccc2c1. The van der Waals surface area contributed by atoms with E-state index in [2.05, 4.69) is 170 Å². The van der Waals surface area contributed by atoms with Gasteiger partial charge in [0.1, 0.15) is 12.1 Å². The summed E-state index contributed by atoms with van der Waals surface area (Å²) in [4.78, 5) is 10.7. The minimum atomic E-state index is -0.304. The quantitative estimate of drug-likeness (QED) is 0.178. The van der Waals surface area contributed by atoms with Crippen LogP contribution in [0.4, 0.5) is 0 Å². The summed E-state index contributed by atoms with van der Waals surface area (Å²) in [5, 5.41) is 9.47. The Morgan fingerprint density at radius 3 is 1.00 bits per heavy atom. The molecular weight excluding hydrogens is 625 g/mol. The highest BCUT2D eigenvalue weighted by Crippen LogP contribution is 2.47. The average molecular weight is 659 g/mol. The van der Waals surface area contributed by atoms with Crippen LogP contribution in [0.25, 0.3) is 43.1 Å². The summed E-state index contributed by atoms with van der Waals surface area (Å²) in [5.41, 5.74) is 4.55. The van der Waals surface area contributed by atoms with Crippen molar-refractivity contribution in [3.05, 3.63) is 192 Å². The number of aliphatic imine (C=N–C) groups is 2. The van der Waals surface area contributed by atoms with E-state index in [1.807, 2.05) is 0 Å². The third-order valence-corrected chi connectivity index (χ3v) is 10.5. The molecule has 0 radical (unpaired) electrons. The molecule has 0 saturated carbocycles. The van der Waals surface area contributed by atoms with E-state index in [0.717, 1.165) is 22.3 Å². The minimum Gasteiger partial charge on any atom is -0.470 e. The van der Waals surface area contributed by atoms with Crippen LogP contribution < -0.4 is 0 Å². The lowest BCUT2D eigenvalue weighted by Crippen LogP contribution is -2.13. The fraction of sp³-hybridized carbons (Fsp3) is 0.106. The molecule has 0 fully saturated rings. The lowest BCUT2D eigenvalue weighted by atomic mass is 9.90. The van der Waals surface area contributed by atoms with Crippen molar-refractivity contribution in [2.24, 2.45) is 9.98 Å². The lowest BCUT2D eigenvalue weighted by Gasteiger charge is -2.22. The predicted molar refractivity (Wildman–Crippen MR) is 208 cm³/mol. The van der Waals surface area contributed by atoms with Crippen molar-refractivity contribution in [1.82, 2.24) is 0 Å². The summed E-state index contributed by atoms with van der Waals surface area (Å²) < 4.78 is 13.9. The molecule has 0 spiro atoms. The molecule has 10 rings (SSSR count). The summed E-state index contributed by atoms with van der Waals surface area (Å²) >= 11 is 0. The molecule has 2 aliphatic rings. The van der Waals surface area contributed by atoms with E-state index in [-0.39, 0.29) is 24.3 Å². The van der Waals surface area contributed by atoms with Gasteiger partial charge in [-0.25, -0.2) is 9.98 Å². The molecule has 0 bridgehead atoms. The molecule has 0 amide bonds. The molecule has 0 aliphatic carbocycles. The molecule has 0 aromatic heterocycles. The van der Waals surface area contributed by atoms with Crippen molar-refractivity contribution in [2.75, 3.05) is 0 Å². The fourth-order valence-electron chi connectivity index (χ4n) is 8.18. The van der Waals surface area contributed by atoms with Crippen molar-refractivity contribution in [3.8, 4) is 0 Å². The molecule has 244 valence electrons. The second-order valence-electron chi connectivity index (χ2n) is 13.5. The van der Waals surface area contributed by atoms with Gasteiger partial charge in [-0.05, 0) is 54.2 Å². The topological polar surface area (TPSA) is 43.2 Å². The molecule has 2 aliphatic heterocycles. The Labute approximate surface area is 296 Å². The van der Waals surface area contributed by atoms with Gasteiger partial charge in [0, 0.05) is 11.1 Å². The molecule has 4 heteroatoms. The number of nitrogens with zero attached hydrogens (tertiary/aromatic N) is 2. The monoisotopic (exact) mass is 658 g/mol. The summed E-state index contributed by atoms with van der Waals surface area (Å²) in [5.74, 6) is 1.28. The number of hydrogen-bond donors (Lipinski definition) is 0. The van der Waals surface area contributed by atoms with Gasteiger partial charge >= 0.3 is 0 Å². The first-order valence-electron chi connectivity index (χ1n) is 17.7. The lowest BCUT2D eigenvalue weighted by molar-refractivity contribution is 0.185. The zero-order valence-corrected chi connectivity index (χ0v) is 27.9. The zero-order chi connectivity index (χ0) is 33.7. The first-order valence-corrected chi connectivity index (χ1v) is 17.7. The van der Waals surface area contributed by atoms with E-state index in [9.17, 15) is 0 Å². The van der Waals surface area contributed by atoms with Gasteiger partial charge in [0.2, 0.25) is 0 Å². The number of hydrogen-bond acceptors (Lipinski definition) is 4. The van der Waals surface area contributed by atoms with Gasteiger partial charge in [-0.3, -0.25) is 0 Å². The van der Waals surface area contributed by atoms with Gasteiger partial charge in [-0.2, -0.15) is 0 Å². The number of rotatable bonds is 6. The van der Waals surface area contributed by atoms with Gasteiger partial charge in [0.15, 0.2) is 24.0 Å². The Kier molecular flexibility index (Phi) is 7.12. The van der Waals surface area contributed by atoms with E-state index < -0.39 is 0 Å². The molecule has 51 heavy (non-hydrogen) atoms. The Morgan fingerprint density at radius 1 is 0.333 bits per heavy atom. The maximum atomic E-state index is 6.95. The molecule has 0 N–H and O–H groups in total. The maximum absolute atomic E-state index is 6.95. The van der Waals surface area contributed by atoms with Crippen LogP contribution >= 0.6 is 0 Å². The van der Waals surface area contributed by atoms with Crippen LogP contribution in [0, 0.1) is 0 Å². The van der Waals surface area contributed by atoms with Crippen molar-refractivity contribution in [1.29, 1.82) is 0 Å². The van der Waals surface area contributed by atoms with E-state index in [4.69, 9.17) is 19.5 Å². The van der Waals surface area contributed by atoms with Crippen LogP contribution in [-0.4, -0.2) is 11.8 Å². The van der Waals surface area contributed by atoms with E-state index in [1.54, 1.807) is 0 Å². The Hall–Kier alpha value is -6.26. The first kappa shape index (κ1) is 29.6. The molecule has 2 heterocycles. The van der Waals surface area contributed by atoms with E-state index in [0.29, 0.717) is 18.2 Å². The summed E-state index contributed by atoms with van der Waals surface area (Å²) in [7, 11) is 0. The Morgan fingerprint density at radius 2 is 0.627 bits per heavy atom. The van der Waals surface area contributed by atoms with Crippen LogP contribution in [0.2, 0.25) is 0 Å². The van der Waals surface area contributed by atoms with Gasteiger partial charge in [-0.1, -0.05) is 170 Å². The molecule has 8 aromatic carbocycles. The highest BCUT2D eigenvalue weighted by Gasteiger charge is 2.39. The molecular formula is C47H34N2O2. The Balaban J connectivity index is 1.08. The minimum absolute atomic E-state index is 0.235. The number of benzene rings is 8. The van der Waals surface area contributed by atoms with Crippen LogP contribution in [0.5, 0.6) is 0 Å². The Bertz CT molecular complexity index is 2470. The van der Waals surface area contributed by atoms with Crippen molar-refractivity contribution in [3.63, 3.8) is 0 Å². The van der Waals surface area contributed by atoms with Crippen LogP contribution in [0.1, 0.15) is 53.0 Å².